The molecule has 0 unspecified atom stereocenters. The first-order chi connectivity index (χ1) is 17.2. The van der Waals surface area contributed by atoms with Gasteiger partial charge >= 0.3 is 6.18 Å². The van der Waals surface area contributed by atoms with Gasteiger partial charge in [0.25, 0.3) is 0 Å². The van der Waals surface area contributed by atoms with Crippen LogP contribution in [0.15, 0.2) is 36.8 Å². The van der Waals surface area contributed by atoms with E-state index in [1.165, 1.54) is 6.07 Å². The average Bonchev–Trinajstić information content (AvgIpc) is 3.55. The van der Waals surface area contributed by atoms with Gasteiger partial charge in [-0.15, -0.1) is 10.2 Å². The van der Waals surface area contributed by atoms with Crippen LogP contribution in [0.3, 0.4) is 0 Å². The van der Waals surface area contributed by atoms with Crippen molar-refractivity contribution in [2.24, 2.45) is 14.1 Å². The molecule has 0 amide bonds. The fourth-order valence-electron chi connectivity index (χ4n) is 4.58. The molecule has 0 spiro atoms. The van der Waals surface area contributed by atoms with E-state index in [0.717, 1.165) is 22.9 Å². The average molecular weight is 496 g/mol. The van der Waals surface area contributed by atoms with Crippen molar-refractivity contribution in [1.82, 2.24) is 29.5 Å². The van der Waals surface area contributed by atoms with E-state index in [1.54, 1.807) is 26.7 Å². The van der Waals surface area contributed by atoms with Crippen LogP contribution in [0.4, 0.5) is 24.8 Å². The molecule has 4 aromatic rings. The number of aryl methyl sites for hydroxylation is 2. The summed E-state index contributed by atoms with van der Waals surface area (Å²) in [5.74, 6) is 1.72. The van der Waals surface area contributed by atoms with Crippen LogP contribution in [0.25, 0.3) is 22.6 Å². The number of hydrogen-bond donors (Lipinski definition) is 1. The Labute approximate surface area is 204 Å². The molecule has 1 aliphatic heterocycles. The van der Waals surface area contributed by atoms with Gasteiger partial charge in [-0.25, -0.2) is 4.98 Å². The molecule has 0 atom stereocenters. The lowest BCUT2D eigenvalue weighted by Gasteiger charge is -2.20. The second-order valence-corrected chi connectivity index (χ2v) is 8.60. The minimum absolute atomic E-state index is 0.00109. The highest BCUT2D eigenvalue weighted by Gasteiger charge is 2.37. The number of carbonyl (C=O) groups is 1. The third-order valence-corrected chi connectivity index (χ3v) is 6.17. The van der Waals surface area contributed by atoms with Crippen LogP contribution in [0.2, 0.25) is 0 Å². The standard InChI is InChI=1S/C24H23F3N8O/c1-4-28-20-7-15(22-17(9-30-34(22)3)23-32-29-13-33(23)2)8-21(31-20)35-10-16-5-14(12-36)6-19(18(16)11-35)24(25,26)27/h5-9,12-13H,4,10-11H2,1-3H3,(H,28,31). The molecule has 9 nitrogen and oxygen atoms in total. The van der Waals surface area contributed by atoms with E-state index in [9.17, 15) is 18.0 Å². The lowest BCUT2D eigenvalue weighted by molar-refractivity contribution is -0.138. The molecule has 36 heavy (non-hydrogen) atoms. The Hall–Kier alpha value is -4.22. The Morgan fingerprint density at radius 1 is 1.14 bits per heavy atom. The highest BCUT2D eigenvalue weighted by Crippen LogP contribution is 2.40. The van der Waals surface area contributed by atoms with E-state index in [1.807, 2.05) is 33.2 Å². The van der Waals surface area contributed by atoms with E-state index in [4.69, 9.17) is 0 Å². The van der Waals surface area contributed by atoms with Crippen molar-refractivity contribution in [1.29, 1.82) is 0 Å². The molecule has 0 radical (unpaired) electrons. The van der Waals surface area contributed by atoms with Gasteiger partial charge in [0, 0.05) is 44.9 Å². The molecule has 3 aromatic heterocycles. The molecule has 12 heteroatoms. The summed E-state index contributed by atoms with van der Waals surface area (Å²) in [4.78, 5) is 17.7. The molecular formula is C24H23F3N8O. The summed E-state index contributed by atoms with van der Waals surface area (Å²) in [6, 6.07) is 6.13. The number of hydrogen-bond acceptors (Lipinski definition) is 7. The summed E-state index contributed by atoms with van der Waals surface area (Å²) >= 11 is 0. The summed E-state index contributed by atoms with van der Waals surface area (Å²) in [6.07, 6.45) is -0.824. The van der Waals surface area contributed by atoms with E-state index >= 15 is 0 Å². The number of aromatic nitrogens is 6. The molecule has 4 heterocycles. The number of carbonyl (C=O) groups excluding carboxylic acids is 1. The van der Waals surface area contributed by atoms with Crippen LogP contribution < -0.4 is 10.2 Å². The van der Waals surface area contributed by atoms with Gasteiger partial charge in [0.2, 0.25) is 0 Å². The number of alkyl halides is 3. The van der Waals surface area contributed by atoms with Crippen LogP contribution in [-0.4, -0.2) is 42.4 Å². The molecular weight excluding hydrogens is 473 g/mol. The number of rotatable bonds is 6. The smallest absolute Gasteiger partial charge is 0.370 e. The van der Waals surface area contributed by atoms with Gasteiger partial charge in [-0.3, -0.25) is 9.48 Å². The number of fused-ring (bicyclic) bond motifs is 1. The highest BCUT2D eigenvalue weighted by atomic mass is 19.4. The summed E-state index contributed by atoms with van der Waals surface area (Å²) < 4.78 is 44.8. The fraction of sp³-hybridized carbons (Fsp3) is 0.292. The number of nitrogens with zero attached hydrogens (tertiary/aromatic N) is 7. The van der Waals surface area contributed by atoms with Crippen molar-refractivity contribution in [2.75, 3.05) is 16.8 Å². The molecule has 1 N–H and O–H groups in total. The molecule has 0 aliphatic carbocycles. The number of benzene rings is 1. The van der Waals surface area contributed by atoms with Gasteiger partial charge in [0.15, 0.2) is 5.82 Å². The number of aldehydes is 1. The van der Waals surface area contributed by atoms with Crippen molar-refractivity contribution in [3.63, 3.8) is 0 Å². The van der Waals surface area contributed by atoms with E-state index in [-0.39, 0.29) is 24.2 Å². The van der Waals surface area contributed by atoms with Crippen LogP contribution in [0, 0.1) is 0 Å². The van der Waals surface area contributed by atoms with Crippen molar-refractivity contribution < 1.29 is 18.0 Å². The number of anilines is 2. The maximum absolute atomic E-state index is 13.8. The van der Waals surface area contributed by atoms with Gasteiger partial charge < -0.3 is 14.8 Å². The first-order valence-corrected chi connectivity index (χ1v) is 11.3. The highest BCUT2D eigenvalue weighted by molar-refractivity contribution is 5.81. The SMILES string of the molecule is CCNc1cc(-c2c(-c3nncn3C)cnn2C)cc(N2Cc3cc(C=O)cc(C(F)(F)F)c3C2)n1. The molecule has 1 aromatic carbocycles. The monoisotopic (exact) mass is 496 g/mol. The van der Waals surface area contributed by atoms with E-state index < -0.39 is 11.7 Å². The fourth-order valence-corrected chi connectivity index (χ4v) is 4.58. The van der Waals surface area contributed by atoms with Crippen molar-refractivity contribution in [2.45, 2.75) is 26.2 Å². The van der Waals surface area contributed by atoms with Crippen LogP contribution >= 0.6 is 0 Å². The summed E-state index contributed by atoms with van der Waals surface area (Å²) in [5.41, 5.74) is 2.14. The Bertz CT molecular complexity index is 1460. The van der Waals surface area contributed by atoms with Gasteiger partial charge in [-0.1, -0.05) is 0 Å². The first kappa shape index (κ1) is 23.5. The predicted molar refractivity (Wildman–Crippen MR) is 127 cm³/mol. The lowest BCUT2D eigenvalue weighted by atomic mass is 10.00. The zero-order valence-electron chi connectivity index (χ0n) is 19.8. The summed E-state index contributed by atoms with van der Waals surface area (Å²) in [6.45, 7) is 2.76. The largest absolute Gasteiger partial charge is 0.416 e. The Balaban J connectivity index is 1.61. The van der Waals surface area contributed by atoms with Crippen LogP contribution in [-0.2, 0) is 33.4 Å². The zero-order chi connectivity index (χ0) is 25.6. The zero-order valence-corrected chi connectivity index (χ0v) is 19.8. The number of nitrogens with one attached hydrogen (secondary N) is 1. The van der Waals surface area contributed by atoms with Crippen LogP contribution in [0.5, 0.6) is 0 Å². The van der Waals surface area contributed by atoms with Crippen molar-refractivity contribution in [3.8, 4) is 22.6 Å². The third kappa shape index (κ3) is 4.08. The van der Waals surface area contributed by atoms with Crippen molar-refractivity contribution in [3.05, 3.63) is 59.0 Å². The Morgan fingerprint density at radius 2 is 1.94 bits per heavy atom. The molecule has 1 aliphatic rings. The van der Waals surface area contributed by atoms with Crippen molar-refractivity contribution >= 4 is 17.9 Å². The summed E-state index contributed by atoms with van der Waals surface area (Å²) in [5, 5.41) is 15.8. The Kier molecular flexibility index (Phi) is 5.73. The normalized spacial score (nSPS) is 13.2. The molecule has 0 bridgehead atoms. The molecule has 5 rings (SSSR count). The number of halogens is 3. The van der Waals surface area contributed by atoms with Gasteiger partial charge in [-0.2, -0.15) is 18.3 Å². The van der Waals surface area contributed by atoms with Gasteiger partial charge in [0.1, 0.15) is 24.2 Å². The predicted octanol–water partition coefficient (Wildman–Crippen LogP) is 4.06. The maximum atomic E-state index is 13.8. The minimum atomic E-state index is -4.57. The van der Waals surface area contributed by atoms with Gasteiger partial charge in [0.05, 0.1) is 23.0 Å². The number of pyridine rings is 1. The summed E-state index contributed by atoms with van der Waals surface area (Å²) in [7, 11) is 3.64. The quantitative estimate of drug-likeness (QED) is 0.403. The molecule has 0 saturated heterocycles. The van der Waals surface area contributed by atoms with E-state index in [0.29, 0.717) is 35.9 Å². The molecule has 0 fully saturated rings. The second kappa shape index (κ2) is 8.77. The van der Waals surface area contributed by atoms with Crippen LogP contribution in [0.1, 0.15) is 34.0 Å². The van der Waals surface area contributed by atoms with Gasteiger partial charge in [-0.05, 0) is 42.3 Å². The second-order valence-electron chi connectivity index (χ2n) is 8.60. The maximum Gasteiger partial charge on any atom is 0.416 e. The molecule has 186 valence electrons. The minimum Gasteiger partial charge on any atom is -0.370 e. The first-order valence-electron chi connectivity index (χ1n) is 11.3. The topological polar surface area (TPSA) is 93.8 Å². The third-order valence-electron chi connectivity index (χ3n) is 6.17. The molecule has 0 saturated carbocycles. The Morgan fingerprint density at radius 3 is 2.61 bits per heavy atom. The van der Waals surface area contributed by atoms with E-state index in [2.05, 4.69) is 25.6 Å². The lowest BCUT2D eigenvalue weighted by Crippen LogP contribution is -2.18.